The summed E-state index contributed by atoms with van der Waals surface area (Å²) in [6, 6.07) is 22.2. The van der Waals surface area contributed by atoms with Gasteiger partial charge in [0.05, 0.1) is 23.5 Å². The predicted molar refractivity (Wildman–Crippen MR) is 112 cm³/mol. The number of para-hydroxylation sites is 1. The van der Waals surface area contributed by atoms with Crippen LogP contribution in [-0.4, -0.2) is 29.7 Å². The summed E-state index contributed by atoms with van der Waals surface area (Å²) in [5.41, 5.74) is 9.71. The van der Waals surface area contributed by atoms with E-state index in [1.807, 2.05) is 47.4 Å². The molecule has 1 atom stereocenters. The van der Waals surface area contributed by atoms with Gasteiger partial charge in [-0.1, -0.05) is 24.3 Å². The number of rotatable bonds is 4. The molecule has 0 radical (unpaired) electrons. The molecular formula is C22H18N6O. The molecule has 7 heteroatoms. The predicted octanol–water partition coefficient (Wildman–Crippen LogP) is 2.79. The minimum Gasteiger partial charge on any atom is -0.399 e. The summed E-state index contributed by atoms with van der Waals surface area (Å²) in [6.45, 7) is 0.370. The molecule has 1 aliphatic rings. The van der Waals surface area contributed by atoms with Crippen LogP contribution in [0.4, 0.5) is 17.1 Å². The second-order valence-electron chi connectivity index (χ2n) is 6.51. The van der Waals surface area contributed by atoms with E-state index in [0.29, 0.717) is 34.9 Å². The van der Waals surface area contributed by atoms with Crippen molar-refractivity contribution >= 4 is 29.1 Å². The van der Waals surface area contributed by atoms with Gasteiger partial charge < -0.3 is 10.6 Å². The average Bonchev–Trinajstić information content (AvgIpc) is 2.78. The molecule has 0 aliphatic carbocycles. The Morgan fingerprint density at radius 3 is 2.66 bits per heavy atom. The lowest BCUT2D eigenvalue weighted by molar-refractivity contribution is -0.109. The quantitative estimate of drug-likeness (QED) is 0.550. The van der Waals surface area contributed by atoms with E-state index in [9.17, 15) is 10.1 Å². The molecule has 0 spiro atoms. The monoisotopic (exact) mass is 382 g/mol. The molecule has 0 fully saturated rings. The van der Waals surface area contributed by atoms with Crippen molar-refractivity contribution in [2.75, 3.05) is 22.2 Å². The van der Waals surface area contributed by atoms with Gasteiger partial charge in [-0.05, 0) is 42.5 Å². The van der Waals surface area contributed by atoms with Gasteiger partial charge >= 0.3 is 0 Å². The molecule has 7 nitrogen and oxygen atoms in total. The van der Waals surface area contributed by atoms with Gasteiger partial charge in [-0.2, -0.15) is 10.4 Å². The fourth-order valence-electron chi connectivity index (χ4n) is 3.32. The van der Waals surface area contributed by atoms with Gasteiger partial charge in [0, 0.05) is 17.6 Å². The number of hydrazone groups is 1. The summed E-state index contributed by atoms with van der Waals surface area (Å²) in [5, 5.41) is 15.8. The number of carbonyl (C=O) groups excluding carboxylic acids is 1. The van der Waals surface area contributed by atoms with E-state index in [4.69, 9.17) is 10.8 Å². The Labute approximate surface area is 168 Å². The van der Waals surface area contributed by atoms with Gasteiger partial charge in [-0.15, -0.1) is 0 Å². The number of nitrogen functional groups attached to an aromatic ring is 1. The van der Waals surface area contributed by atoms with Crippen molar-refractivity contribution in [3.05, 3.63) is 84.2 Å². The number of aromatic nitrogens is 1. The Hall–Kier alpha value is -4.18. The average molecular weight is 382 g/mol. The fraction of sp³-hybridized carbons (Fsp3) is 0.0909. The number of carbonyl (C=O) groups is 1. The summed E-state index contributed by atoms with van der Waals surface area (Å²) >= 11 is 0. The number of nitrogens with zero attached hydrogens (tertiary/aromatic N) is 5. The molecule has 2 N–H and O–H groups in total. The van der Waals surface area contributed by atoms with Crippen LogP contribution in [0.5, 0.6) is 0 Å². The van der Waals surface area contributed by atoms with Crippen LogP contribution in [-0.2, 0) is 4.79 Å². The summed E-state index contributed by atoms with van der Waals surface area (Å²) in [5.74, 6) is 0. The van der Waals surface area contributed by atoms with Crippen LogP contribution in [0.1, 0.15) is 11.3 Å². The van der Waals surface area contributed by atoms with Crippen LogP contribution >= 0.6 is 0 Å². The van der Waals surface area contributed by atoms with Crippen molar-refractivity contribution in [2.24, 2.45) is 5.10 Å². The van der Waals surface area contributed by atoms with E-state index in [1.165, 1.54) is 0 Å². The first kappa shape index (κ1) is 18.2. The molecule has 142 valence electrons. The molecule has 1 unspecified atom stereocenters. The third-order valence-electron chi connectivity index (χ3n) is 4.67. The molecule has 1 aromatic heterocycles. The van der Waals surface area contributed by atoms with Crippen LogP contribution in [0.3, 0.4) is 0 Å². The zero-order valence-electron chi connectivity index (χ0n) is 15.5. The number of hydrogen-bond acceptors (Lipinski definition) is 7. The number of anilines is 3. The first-order valence-corrected chi connectivity index (χ1v) is 9.06. The van der Waals surface area contributed by atoms with Crippen LogP contribution in [0, 0.1) is 11.3 Å². The van der Waals surface area contributed by atoms with Crippen molar-refractivity contribution < 1.29 is 4.79 Å². The standard InChI is InChI=1S/C22H18N6O/c23-13-16-6-1-2-10-21(16)28-22(15-29)27(18-8-5-7-17(24)12-18)14-20(26-28)19-9-3-4-11-25-19/h1-12,15,22H,14,24H2. The van der Waals surface area contributed by atoms with Gasteiger partial charge in [-0.3, -0.25) is 9.78 Å². The maximum absolute atomic E-state index is 12.2. The Morgan fingerprint density at radius 1 is 1.10 bits per heavy atom. The molecule has 0 bridgehead atoms. The lowest BCUT2D eigenvalue weighted by Crippen LogP contribution is -2.54. The van der Waals surface area contributed by atoms with E-state index >= 15 is 0 Å². The van der Waals surface area contributed by atoms with Crippen molar-refractivity contribution in [1.29, 1.82) is 5.26 Å². The minimum absolute atomic E-state index is 0.370. The highest BCUT2D eigenvalue weighted by Gasteiger charge is 2.33. The topological polar surface area (TPSA) is 98.6 Å². The maximum Gasteiger partial charge on any atom is 0.180 e. The summed E-state index contributed by atoms with van der Waals surface area (Å²) in [6.07, 6.45) is 1.77. The molecule has 1 aliphatic heterocycles. The normalized spacial score (nSPS) is 16.1. The highest BCUT2D eigenvalue weighted by Crippen LogP contribution is 2.30. The fourth-order valence-corrected chi connectivity index (χ4v) is 3.32. The molecule has 4 rings (SSSR count). The third kappa shape index (κ3) is 3.51. The van der Waals surface area contributed by atoms with Crippen LogP contribution < -0.4 is 15.6 Å². The molecule has 3 aromatic rings. The van der Waals surface area contributed by atoms with Gasteiger partial charge in [-0.25, -0.2) is 5.01 Å². The smallest absolute Gasteiger partial charge is 0.180 e. The number of hydrogen-bond donors (Lipinski definition) is 1. The number of nitrogens with two attached hydrogens (primary N) is 1. The Kier molecular flexibility index (Phi) is 4.91. The molecule has 0 saturated carbocycles. The van der Waals surface area contributed by atoms with Crippen molar-refractivity contribution in [2.45, 2.75) is 6.17 Å². The van der Waals surface area contributed by atoms with E-state index < -0.39 is 6.17 Å². The Bertz CT molecular complexity index is 1110. The number of pyridine rings is 1. The minimum atomic E-state index is -0.737. The largest absolute Gasteiger partial charge is 0.399 e. The van der Waals surface area contributed by atoms with Gasteiger partial charge in [0.15, 0.2) is 12.5 Å². The SMILES string of the molecule is N#Cc1ccccc1N1N=C(c2ccccn2)CN(c2cccc(N)c2)C1C=O. The molecule has 29 heavy (non-hydrogen) atoms. The third-order valence-corrected chi connectivity index (χ3v) is 4.67. The lowest BCUT2D eigenvalue weighted by Gasteiger charge is -2.40. The zero-order chi connectivity index (χ0) is 20.2. The first-order valence-electron chi connectivity index (χ1n) is 9.06. The van der Waals surface area contributed by atoms with E-state index in [1.54, 1.807) is 35.5 Å². The second kappa shape index (κ2) is 7.82. The van der Waals surface area contributed by atoms with Gasteiger partial charge in [0.2, 0.25) is 0 Å². The van der Waals surface area contributed by atoms with Crippen molar-refractivity contribution in [1.82, 2.24) is 4.98 Å². The Morgan fingerprint density at radius 2 is 1.93 bits per heavy atom. The first-order chi connectivity index (χ1) is 14.2. The van der Waals surface area contributed by atoms with Crippen LogP contribution in [0.2, 0.25) is 0 Å². The number of nitriles is 1. The van der Waals surface area contributed by atoms with E-state index in [0.717, 1.165) is 12.0 Å². The lowest BCUT2D eigenvalue weighted by atomic mass is 10.1. The zero-order valence-corrected chi connectivity index (χ0v) is 15.5. The van der Waals surface area contributed by atoms with E-state index in [2.05, 4.69) is 11.1 Å². The molecule has 0 saturated heterocycles. The van der Waals surface area contributed by atoms with Gasteiger partial charge in [0.1, 0.15) is 11.8 Å². The second-order valence-corrected chi connectivity index (χ2v) is 6.51. The number of aldehydes is 1. The Balaban J connectivity index is 1.88. The van der Waals surface area contributed by atoms with Crippen molar-refractivity contribution in [3.8, 4) is 6.07 Å². The molecule has 2 heterocycles. The van der Waals surface area contributed by atoms with Crippen molar-refractivity contribution in [3.63, 3.8) is 0 Å². The highest BCUT2D eigenvalue weighted by atomic mass is 16.1. The molecule has 0 amide bonds. The summed E-state index contributed by atoms with van der Waals surface area (Å²) in [7, 11) is 0. The highest BCUT2D eigenvalue weighted by molar-refractivity contribution is 6.04. The van der Waals surface area contributed by atoms with E-state index in [-0.39, 0.29) is 0 Å². The van der Waals surface area contributed by atoms with Crippen LogP contribution in [0.15, 0.2) is 78.0 Å². The summed E-state index contributed by atoms with van der Waals surface area (Å²) < 4.78 is 0. The molecular weight excluding hydrogens is 364 g/mol. The summed E-state index contributed by atoms with van der Waals surface area (Å²) in [4.78, 5) is 18.5. The molecule has 2 aromatic carbocycles. The maximum atomic E-state index is 12.2. The van der Waals surface area contributed by atoms with Gasteiger partial charge in [0.25, 0.3) is 0 Å². The van der Waals surface area contributed by atoms with Crippen LogP contribution in [0.25, 0.3) is 0 Å². The number of benzene rings is 2.